The molecule has 0 amide bonds. The highest BCUT2D eigenvalue weighted by Gasteiger charge is 2.10. The number of nitrogens with zero attached hydrogens (tertiary/aromatic N) is 3. The molecule has 3 nitrogen and oxygen atoms in total. The Hall–Kier alpha value is -6.19. The van der Waals surface area contributed by atoms with Crippen molar-refractivity contribution in [1.82, 2.24) is 4.98 Å². The quantitative estimate of drug-likeness (QED) is 0.0944. The summed E-state index contributed by atoms with van der Waals surface area (Å²) in [5.41, 5.74) is 10.9. The average molecular weight is 638 g/mol. The van der Waals surface area contributed by atoms with E-state index in [1.807, 2.05) is 86.8 Å². The maximum atomic E-state index is 5.17. The van der Waals surface area contributed by atoms with Crippen LogP contribution in [0.2, 0.25) is 0 Å². The summed E-state index contributed by atoms with van der Waals surface area (Å²) in [6.45, 7) is 16.3. The number of aromatic nitrogens is 1. The molecule has 0 spiro atoms. The number of allylic oxidation sites excluding steroid dienone is 15. The number of hydrogen-bond donors (Lipinski definition) is 0. The molecule has 4 aromatic rings. The van der Waals surface area contributed by atoms with Gasteiger partial charge in [-0.15, -0.1) is 0 Å². The molecule has 0 aliphatic carbocycles. The minimum atomic E-state index is 0.500. The van der Waals surface area contributed by atoms with Crippen molar-refractivity contribution in [2.75, 3.05) is 0 Å². The fraction of sp³-hybridized carbons (Fsp3) is 0.0652. The third kappa shape index (κ3) is 10.7. The molecule has 0 aliphatic heterocycles. The highest BCUT2D eigenvalue weighted by atomic mass is 14.8. The van der Waals surface area contributed by atoms with E-state index in [0.717, 1.165) is 61.5 Å². The Morgan fingerprint density at radius 2 is 1.43 bits per heavy atom. The van der Waals surface area contributed by atoms with Crippen molar-refractivity contribution in [3.63, 3.8) is 0 Å². The second-order valence-electron chi connectivity index (χ2n) is 10.9. The first-order valence-corrected chi connectivity index (χ1v) is 16.3. The minimum Gasteiger partial charge on any atom is -0.280 e. The average Bonchev–Trinajstić information content (AvgIpc) is 3.16. The molecule has 0 radical (unpaired) electrons. The summed E-state index contributed by atoms with van der Waals surface area (Å²) in [5.74, 6) is 0. The Bertz CT molecular complexity index is 1940. The Labute approximate surface area is 292 Å². The van der Waals surface area contributed by atoms with Gasteiger partial charge in [-0.3, -0.25) is 15.0 Å². The molecule has 0 saturated heterocycles. The standard InChI is InChI=1S/C46H43N3/c1-6-10-13-20-42(39-23-25-40(26-24-39)44-22-17-31-48-35-44)32-43(21-14-11-7-2)46(49-34-36-18-15-12-16-19-36)33-45(47-5)41-29-27-38(28-30-41)37(8-3)9-4/h6-33,35H,2-3,5,34H2,1,4H3/b10-6+,14-11-,20-13+,37-9+,42-32+,43-21+,45-33-,49-46?. The summed E-state index contributed by atoms with van der Waals surface area (Å²) in [7, 11) is 0. The summed E-state index contributed by atoms with van der Waals surface area (Å²) in [4.78, 5) is 13.9. The van der Waals surface area contributed by atoms with Crippen LogP contribution in [0.15, 0.2) is 205 Å². The molecule has 1 aromatic heterocycles. The zero-order chi connectivity index (χ0) is 34.7. The van der Waals surface area contributed by atoms with Crippen molar-refractivity contribution in [2.24, 2.45) is 9.98 Å². The highest BCUT2D eigenvalue weighted by molar-refractivity contribution is 6.15. The van der Waals surface area contributed by atoms with Crippen molar-refractivity contribution < 1.29 is 0 Å². The van der Waals surface area contributed by atoms with Gasteiger partial charge in [-0.1, -0.05) is 159 Å². The molecule has 0 fully saturated rings. The van der Waals surface area contributed by atoms with Crippen LogP contribution in [0.25, 0.3) is 28.0 Å². The van der Waals surface area contributed by atoms with Crippen molar-refractivity contribution >= 4 is 29.3 Å². The summed E-state index contributed by atoms with van der Waals surface area (Å²) in [6.07, 6.45) is 27.7. The van der Waals surface area contributed by atoms with E-state index < -0.39 is 0 Å². The molecule has 0 saturated carbocycles. The van der Waals surface area contributed by atoms with Gasteiger partial charge in [0.2, 0.25) is 0 Å². The maximum absolute atomic E-state index is 5.17. The van der Waals surface area contributed by atoms with Gasteiger partial charge in [-0.2, -0.15) is 0 Å². The Kier molecular flexibility index (Phi) is 14.2. The second-order valence-corrected chi connectivity index (χ2v) is 10.9. The molecule has 3 heteroatoms. The molecule has 0 bridgehead atoms. The number of benzene rings is 3. The van der Waals surface area contributed by atoms with Crippen LogP contribution in [0.3, 0.4) is 0 Å². The molecule has 242 valence electrons. The largest absolute Gasteiger partial charge is 0.280 e. The van der Waals surface area contributed by atoms with Crippen molar-refractivity contribution in [3.05, 3.63) is 217 Å². The molecular weight excluding hydrogens is 595 g/mol. The van der Waals surface area contributed by atoms with Gasteiger partial charge >= 0.3 is 0 Å². The van der Waals surface area contributed by atoms with E-state index in [1.54, 1.807) is 12.3 Å². The molecule has 3 aromatic carbocycles. The number of hydrogen-bond acceptors (Lipinski definition) is 3. The Morgan fingerprint density at radius 3 is 2.06 bits per heavy atom. The van der Waals surface area contributed by atoms with Crippen molar-refractivity contribution in [3.8, 4) is 11.1 Å². The minimum absolute atomic E-state index is 0.500. The van der Waals surface area contributed by atoms with Crippen LogP contribution in [-0.4, -0.2) is 17.4 Å². The summed E-state index contributed by atoms with van der Waals surface area (Å²) < 4.78 is 0. The molecule has 49 heavy (non-hydrogen) atoms. The predicted molar refractivity (Wildman–Crippen MR) is 214 cm³/mol. The SMILES string of the molecule is C=C\C=C/C=C(\C=C(/C=C/C=C/C)c1ccc(-c2cccnc2)cc1)C(/C=C(\N=C)c1ccc(/C(C=C)=C/C)cc1)=NCc1ccccc1. The number of pyridine rings is 1. The Balaban J connectivity index is 1.88. The van der Waals surface area contributed by atoms with E-state index in [2.05, 4.69) is 121 Å². The van der Waals surface area contributed by atoms with E-state index >= 15 is 0 Å². The lowest BCUT2D eigenvalue weighted by Crippen LogP contribution is -2.02. The second kappa shape index (κ2) is 19.5. The molecule has 0 unspecified atom stereocenters. The van der Waals surface area contributed by atoms with Crippen molar-refractivity contribution in [2.45, 2.75) is 20.4 Å². The van der Waals surface area contributed by atoms with Gasteiger partial charge in [-0.05, 0) is 77.7 Å². The highest BCUT2D eigenvalue weighted by Crippen LogP contribution is 2.26. The first-order valence-electron chi connectivity index (χ1n) is 16.3. The number of rotatable bonds is 15. The summed E-state index contributed by atoms with van der Waals surface area (Å²) in [6, 6.07) is 31.1. The molecule has 1 heterocycles. The zero-order valence-electron chi connectivity index (χ0n) is 28.4. The first-order chi connectivity index (χ1) is 24.1. The lowest BCUT2D eigenvalue weighted by molar-refractivity contribution is 1.07. The van der Waals surface area contributed by atoms with Crippen LogP contribution in [0, 0.1) is 0 Å². The van der Waals surface area contributed by atoms with E-state index in [-0.39, 0.29) is 0 Å². The fourth-order valence-corrected chi connectivity index (χ4v) is 5.07. The first kappa shape index (κ1) is 35.7. The zero-order valence-corrected chi connectivity index (χ0v) is 28.4. The summed E-state index contributed by atoms with van der Waals surface area (Å²) >= 11 is 0. The Morgan fingerprint density at radius 1 is 0.714 bits per heavy atom. The van der Waals surface area contributed by atoms with Crippen LogP contribution < -0.4 is 0 Å². The normalized spacial score (nSPS) is 13.4. The van der Waals surface area contributed by atoms with E-state index in [0.29, 0.717) is 6.54 Å². The molecule has 0 aliphatic rings. The lowest BCUT2D eigenvalue weighted by atomic mass is 9.96. The van der Waals surface area contributed by atoms with Crippen LogP contribution in [-0.2, 0) is 6.54 Å². The van der Waals surface area contributed by atoms with E-state index in [4.69, 9.17) is 4.99 Å². The van der Waals surface area contributed by atoms with E-state index in [1.165, 1.54) is 0 Å². The predicted octanol–water partition coefficient (Wildman–Crippen LogP) is 11.9. The fourth-order valence-electron chi connectivity index (χ4n) is 5.07. The van der Waals surface area contributed by atoms with Gasteiger partial charge in [0.25, 0.3) is 0 Å². The van der Waals surface area contributed by atoms with Gasteiger partial charge in [0.1, 0.15) is 0 Å². The molecule has 0 atom stereocenters. The topological polar surface area (TPSA) is 37.6 Å². The molecular formula is C46H43N3. The van der Waals surface area contributed by atoms with Crippen LogP contribution in [0.1, 0.15) is 36.1 Å². The third-order valence-corrected chi connectivity index (χ3v) is 7.69. The van der Waals surface area contributed by atoms with Gasteiger partial charge in [-0.25, -0.2) is 0 Å². The van der Waals surface area contributed by atoms with Crippen molar-refractivity contribution in [1.29, 1.82) is 0 Å². The smallest absolute Gasteiger partial charge is 0.0716 e. The van der Waals surface area contributed by atoms with Gasteiger partial charge in [0.05, 0.1) is 18.0 Å². The monoisotopic (exact) mass is 637 g/mol. The summed E-state index contributed by atoms with van der Waals surface area (Å²) in [5, 5.41) is 0. The molecule has 0 N–H and O–H groups in total. The number of aliphatic imine (C=N–C) groups is 2. The maximum Gasteiger partial charge on any atom is 0.0716 e. The molecule has 4 rings (SSSR count). The van der Waals surface area contributed by atoms with Gasteiger partial charge in [0, 0.05) is 23.5 Å². The van der Waals surface area contributed by atoms with E-state index in [9.17, 15) is 0 Å². The van der Waals surface area contributed by atoms with Gasteiger partial charge in [0.15, 0.2) is 0 Å². The van der Waals surface area contributed by atoms with Gasteiger partial charge < -0.3 is 0 Å². The van der Waals surface area contributed by atoms with Crippen LogP contribution in [0.4, 0.5) is 0 Å². The third-order valence-electron chi connectivity index (χ3n) is 7.69. The lowest BCUT2D eigenvalue weighted by Gasteiger charge is -2.11. The van der Waals surface area contributed by atoms with Crippen LogP contribution in [0.5, 0.6) is 0 Å². The van der Waals surface area contributed by atoms with Crippen LogP contribution >= 0.6 is 0 Å².